The van der Waals surface area contributed by atoms with Crippen molar-refractivity contribution < 1.29 is 4.79 Å². The number of aromatic amines is 1. The number of H-pyrrole nitrogens is 1. The van der Waals surface area contributed by atoms with Crippen LogP contribution in [0.2, 0.25) is 0 Å². The maximum atomic E-state index is 10.1. The summed E-state index contributed by atoms with van der Waals surface area (Å²) >= 11 is 0. The molecule has 3 heteroatoms. The van der Waals surface area contributed by atoms with Crippen molar-refractivity contribution in [1.29, 1.82) is 0 Å². The fourth-order valence-electron chi connectivity index (χ4n) is 1.32. The molecule has 3 nitrogen and oxygen atoms in total. The van der Waals surface area contributed by atoms with E-state index in [1.165, 1.54) is 6.08 Å². The van der Waals surface area contributed by atoms with Crippen LogP contribution in [-0.4, -0.2) is 16.5 Å². The van der Waals surface area contributed by atoms with Crippen molar-refractivity contribution in [2.75, 3.05) is 0 Å². The van der Waals surface area contributed by atoms with Crippen LogP contribution in [0.3, 0.4) is 0 Å². The normalized spacial score (nSPS) is 10.7. The lowest BCUT2D eigenvalue weighted by atomic mass is 10.1. The molecule has 0 saturated carbocycles. The lowest BCUT2D eigenvalue weighted by molar-refractivity contribution is -0.104. The Bertz CT molecular complexity index is 471. The first-order chi connectivity index (χ1) is 7.40. The Balaban J connectivity index is 2.28. The first kappa shape index (κ1) is 9.40. The van der Waals surface area contributed by atoms with Gasteiger partial charge in [-0.25, -0.2) is 0 Å². The number of carbonyl (C=O) groups excluding carboxylic acids is 1. The van der Waals surface area contributed by atoms with Crippen LogP contribution < -0.4 is 0 Å². The van der Waals surface area contributed by atoms with Crippen molar-refractivity contribution in [1.82, 2.24) is 10.2 Å². The molecule has 0 atom stereocenters. The van der Waals surface area contributed by atoms with Gasteiger partial charge < -0.3 is 0 Å². The average Bonchev–Trinajstić information content (AvgIpc) is 2.76. The molecule has 0 radical (unpaired) electrons. The highest BCUT2D eigenvalue weighted by molar-refractivity contribution is 5.74. The summed E-state index contributed by atoms with van der Waals surface area (Å²) in [4.78, 5) is 10.1. The van der Waals surface area contributed by atoms with E-state index in [1.807, 2.05) is 36.4 Å². The minimum atomic E-state index is 0.739. The molecular formula is C12H10N2O. The molecule has 2 rings (SSSR count). The van der Waals surface area contributed by atoms with Gasteiger partial charge in [-0.3, -0.25) is 9.89 Å². The number of nitrogens with zero attached hydrogens (tertiary/aromatic N) is 1. The van der Waals surface area contributed by atoms with Gasteiger partial charge in [-0.2, -0.15) is 5.10 Å². The van der Waals surface area contributed by atoms with E-state index in [-0.39, 0.29) is 0 Å². The SMILES string of the molecule is O=C/C=C/c1cc(-c2ccccc2)n[nH]1. The van der Waals surface area contributed by atoms with Crippen molar-refractivity contribution in [3.8, 4) is 11.3 Å². The molecule has 0 saturated heterocycles. The molecule has 1 aromatic heterocycles. The largest absolute Gasteiger partial charge is 0.299 e. The Labute approximate surface area is 87.5 Å². The van der Waals surface area contributed by atoms with E-state index in [1.54, 1.807) is 6.08 Å². The van der Waals surface area contributed by atoms with Crippen molar-refractivity contribution in [3.05, 3.63) is 48.2 Å². The minimum absolute atomic E-state index is 0.739. The van der Waals surface area contributed by atoms with Crippen LogP contribution in [0.5, 0.6) is 0 Å². The summed E-state index contributed by atoms with van der Waals surface area (Å²) in [6, 6.07) is 11.8. The third-order valence-corrected chi connectivity index (χ3v) is 2.02. The number of rotatable bonds is 3. The first-order valence-electron chi connectivity index (χ1n) is 4.63. The summed E-state index contributed by atoms with van der Waals surface area (Å²) < 4.78 is 0. The van der Waals surface area contributed by atoms with Crippen LogP contribution in [0.1, 0.15) is 5.69 Å². The molecule has 0 aliphatic heterocycles. The summed E-state index contributed by atoms with van der Waals surface area (Å²) in [5, 5.41) is 6.99. The molecule has 1 N–H and O–H groups in total. The second-order valence-electron chi connectivity index (χ2n) is 3.07. The smallest absolute Gasteiger partial charge is 0.142 e. The zero-order chi connectivity index (χ0) is 10.5. The van der Waals surface area contributed by atoms with Crippen molar-refractivity contribution in [2.24, 2.45) is 0 Å². The molecule has 1 heterocycles. The summed E-state index contributed by atoms with van der Waals surface area (Å²) in [5.74, 6) is 0. The van der Waals surface area contributed by atoms with Crippen LogP contribution in [0, 0.1) is 0 Å². The summed E-state index contributed by atoms with van der Waals surface area (Å²) in [5.41, 5.74) is 2.75. The lowest BCUT2D eigenvalue weighted by Crippen LogP contribution is -1.75. The number of hydrogen-bond acceptors (Lipinski definition) is 2. The van der Waals surface area contributed by atoms with E-state index < -0.39 is 0 Å². The predicted molar refractivity (Wildman–Crippen MR) is 59.1 cm³/mol. The van der Waals surface area contributed by atoms with Crippen molar-refractivity contribution in [3.63, 3.8) is 0 Å². The zero-order valence-electron chi connectivity index (χ0n) is 8.05. The summed E-state index contributed by atoms with van der Waals surface area (Å²) in [7, 11) is 0. The minimum Gasteiger partial charge on any atom is -0.299 e. The Hall–Kier alpha value is -2.16. The fraction of sp³-hybridized carbons (Fsp3) is 0. The van der Waals surface area contributed by atoms with E-state index in [4.69, 9.17) is 0 Å². The van der Waals surface area contributed by atoms with Crippen LogP contribution in [0.4, 0.5) is 0 Å². The van der Waals surface area contributed by atoms with Crippen molar-refractivity contribution >= 4 is 12.4 Å². The number of hydrogen-bond donors (Lipinski definition) is 1. The van der Waals surface area contributed by atoms with Crippen molar-refractivity contribution in [2.45, 2.75) is 0 Å². The maximum Gasteiger partial charge on any atom is 0.142 e. The predicted octanol–water partition coefficient (Wildman–Crippen LogP) is 2.29. The van der Waals surface area contributed by atoms with Crippen LogP contribution in [-0.2, 0) is 4.79 Å². The standard InChI is InChI=1S/C12H10N2O/c15-8-4-7-11-9-12(14-13-11)10-5-2-1-3-6-10/h1-9H,(H,13,14)/b7-4+. The molecule has 0 spiro atoms. The molecule has 0 fully saturated rings. The van der Waals surface area contributed by atoms with Gasteiger partial charge in [0.05, 0.1) is 11.4 Å². The Morgan fingerprint density at radius 3 is 2.73 bits per heavy atom. The number of aldehydes is 1. The highest BCUT2D eigenvalue weighted by atomic mass is 16.1. The molecule has 0 unspecified atom stereocenters. The molecule has 0 bridgehead atoms. The Kier molecular flexibility index (Phi) is 2.74. The maximum absolute atomic E-state index is 10.1. The molecule has 0 aliphatic carbocycles. The van der Waals surface area contributed by atoms with Gasteiger partial charge in [0.25, 0.3) is 0 Å². The number of carbonyl (C=O) groups is 1. The van der Waals surface area contributed by atoms with Crippen LogP contribution >= 0.6 is 0 Å². The third-order valence-electron chi connectivity index (χ3n) is 2.02. The topological polar surface area (TPSA) is 45.8 Å². The fourth-order valence-corrected chi connectivity index (χ4v) is 1.32. The van der Waals surface area contributed by atoms with Gasteiger partial charge >= 0.3 is 0 Å². The first-order valence-corrected chi connectivity index (χ1v) is 4.63. The number of allylic oxidation sites excluding steroid dienone is 1. The molecule has 15 heavy (non-hydrogen) atoms. The van der Waals surface area contributed by atoms with E-state index in [0.717, 1.165) is 23.2 Å². The highest BCUT2D eigenvalue weighted by Gasteiger charge is 2.00. The molecule has 74 valence electrons. The van der Waals surface area contributed by atoms with Gasteiger partial charge in [0.1, 0.15) is 6.29 Å². The second kappa shape index (κ2) is 4.37. The van der Waals surface area contributed by atoms with Gasteiger partial charge in [-0.05, 0) is 18.2 Å². The van der Waals surface area contributed by atoms with E-state index in [2.05, 4.69) is 10.2 Å². The monoisotopic (exact) mass is 198 g/mol. The molecule has 0 aliphatic rings. The molecular weight excluding hydrogens is 188 g/mol. The molecule has 2 aromatic rings. The van der Waals surface area contributed by atoms with Gasteiger partial charge in [0, 0.05) is 5.56 Å². The van der Waals surface area contributed by atoms with E-state index in [0.29, 0.717) is 0 Å². The number of benzene rings is 1. The lowest BCUT2D eigenvalue weighted by Gasteiger charge is -1.92. The molecule has 1 aromatic carbocycles. The zero-order valence-corrected chi connectivity index (χ0v) is 8.05. The number of aromatic nitrogens is 2. The van der Waals surface area contributed by atoms with Gasteiger partial charge in [0.15, 0.2) is 0 Å². The Morgan fingerprint density at radius 2 is 2.00 bits per heavy atom. The quantitative estimate of drug-likeness (QED) is 0.607. The summed E-state index contributed by atoms with van der Waals surface area (Å²) in [6.07, 6.45) is 3.86. The van der Waals surface area contributed by atoms with Gasteiger partial charge in [-0.1, -0.05) is 30.3 Å². The van der Waals surface area contributed by atoms with E-state index >= 15 is 0 Å². The molecule has 0 amide bonds. The second-order valence-corrected chi connectivity index (χ2v) is 3.07. The van der Waals surface area contributed by atoms with Gasteiger partial charge in [0.2, 0.25) is 0 Å². The summed E-state index contributed by atoms with van der Waals surface area (Å²) in [6.45, 7) is 0. The van der Waals surface area contributed by atoms with Gasteiger partial charge in [-0.15, -0.1) is 0 Å². The van der Waals surface area contributed by atoms with E-state index in [9.17, 15) is 4.79 Å². The highest BCUT2D eigenvalue weighted by Crippen LogP contribution is 2.17. The van der Waals surface area contributed by atoms with Crippen LogP contribution in [0.15, 0.2) is 42.5 Å². The third kappa shape index (κ3) is 2.20. The average molecular weight is 198 g/mol. The Morgan fingerprint density at radius 1 is 1.20 bits per heavy atom. The number of nitrogens with one attached hydrogen (secondary N) is 1. The van der Waals surface area contributed by atoms with Crippen LogP contribution in [0.25, 0.3) is 17.3 Å².